The molecule has 8 nitrogen and oxygen atoms in total. The van der Waals surface area contributed by atoms with Gasteiger partial charge in [0.25, 0.3) is 15.9 Å². The molecule has 4 aromatic rings. The topological polar surface area (TPSA) is 97.8 Å². The van der Waals surface area contributed by atoms with Gasteiger partial charge in [-0.05, 0) is 90.5 Å². The van der Waals surface area contributed by atoms with Crippen molar-refractivity contribution < 1.29 is 49.0 Å². The van der Waals surface area contributed by atoms with Crippen LogP contribution in [0.1, 0.15) is 5.56 Å². The molecule has 0 aliphatic carbocycles. The summed E-state index contributed by atoms with van der Waals surface area (Å²) in [5.74, 6) is -1.80. The van der Waals surface area contributed by atoms with E-state index in [1.807, 2.05) is 0 Å². The average molecular weight is 686 g/mol. The summed E-state index contributed by atoms with van der Waals surface area (Å²) in [6.07, 6.45) is -9.81. The maximum absolute atomic E-state index is 13.0. The van der Waals surface area contributed by atoms with Crippen LogP contribution in [-0.2, 0) is 21.4 Å². The maximum atomic E-state index is 13.0. The molecule has 4 rings (SSSR count). The van der Waals surface area contributed by atoms with Gasteiger partial charge in [0.15, 0.2) is 0 Å². The van der Waals surface area contributed by atoms with Crippen molar-refractivity contribution in [2.75, 3.05) is 7.05 Å². The molecule has 46 heavy (non-hydrogen) atoms. The molecule has 0 spiro atoms. The van der Waals surface area contributed by atoms with Gasteiger partial charge in [-0.15, -0.1) is 26.3 Å². The summed E-state index contributed by atoms with van der Waals surface area (Å²) in [6, 6.07) is 17.9. The zero-order chi connectivity index (χ0) is 33.9. The number of halogens is 7. The fourth-order valence-corrected chi connectivity index (χ4v) is 5.27. The average Bonchev–Trinajstić information content (AvgIpc) is 2.98. The van der Waals surface area contributed by atoms with Gasteiger partial charge in [-0.3, -0.25) is 9.10 Å². The smallest absolute Gasteiger partial charge is 0.406 e. The molecule has 1 N–H and O–H groups in total. The quantitative estimate of drug-likeness (QED) is 0.139. The van der Waals surface area contributed by atoms with E-state index in [0.29, 0.717) is 26.0 Å². The number of ether oxygens (including phenoxy) is 2. The molecule has 0 unspecified atom stereocenters. The number of nitrogens with zero attached hydrogens (tertiary/aromatic N) is 2. The highest BCUT2D eigenvalue weighted by Crippen LogP contribution is 2.30. The van der Waals surface area contributed by atoms with E-state index in [4.69, 9.17) is 11.6 Å². The number of amides is 1. The van der Waals surface area contributed by atoms with Crippen LogP contribution < -0.4 is 14.8 Å². The van der Waals surface area contributed by atoms with Crippen molar-refractivity contribution in [2.24, 2.45) is 0 Å². The lowest BCUT2D eigenvalue weighted by molar-refractivity contribution is -0.275. The Morgan fingerprint density at radius 3 is 1.67 bits per heavy atom. The summed E-state index contributed by atoms with van der Waals surface area (Å²) in [5, 5.41) is 2.87. The first-order valence-electron chi connectivity index (χ1n) is 12.9. The van der Waals surface area contributed by atoms with Crippen LogP contribution >= 0.6 is 11.6 Å². The van der Waals surface area contributed by atoms with Crippen LogP contribution in [0.5, 0.6) is 11.5 Å². The maximum Gasteiger partial charge on any atom is 0.573 e. The van der Waals surface area contributed by atoms with Crippen LogP contribution in [0.4, 0.5) is 26.3 Å². The first-order chi connectivity index (χ1) is 21.4. The molecule has 16 heteroatoms. The number of carbonyl (C=O) groups excluding carboxylic acids is 1. The van der Waals surface area contributed by atoms with Gasteiger partial charge in [0, 0.05) is 29.7 Å². The number of aromatic nitrogens is 1. The number of pyridine rings is 1. The van der Waals surface area contributed by atoms with Gasteiger partial charge in [0.2, 0.25) is 0 Å². The molecule has 242 valence electrons. The first-order valence-corrected chi connectivity index (χ1v) is 14.7. The van der Waals surface area contributed by atoms with Crippen molar-refractivity contribution in [1.29, 1.82) is 0 Å². The number of alkyl halides is 6. The highest BCUT2D eigenvalue weighted by atomic mass is 35.5. The fraction of sp³-hybridized carbons (Fsp3) is 0.133. The molecular formula is C30H22ClF6N3O5S. The van der Waals surface area contributed by atoms with Crippen LogP contribution in [0.15, 0.2) is 102 Å². The van der Waals surface area contributed by atoms with Crippen LogP contribution in [0.3, 0.4) is 0 Å². The second-order valence-electron chi connectivity index (χ2n) is 9.45. The lowest BCUT2D eigenvalue weighted by Crippen LogP contribution is -2.35. The highest BCUT2D eigenvalue weighted by molar-refractivity contribution is 7.89. The number of likely N-dealkylation sites (N-methyl/N-ethyl adjacent to an activating group) is 1. The molecule has 0 atom stereocenters. The van der Waals surface area contributed by atoms with E-state index in [-0.39, 0.29) is 22.8 Å². The van der Waals surface area contributed by atoms with Crippen molar-refractivity contribution in [1.82, 2.24) is 14.6 Å². The van der Waals surface area contributed by atoms with Crippen LogP contribution in [0, 0.1) is 0 Å². The second-order valence-corrected chi connectivity index (χ2v) is 11.9. The fourth-order valence-electron chi connectivity index (χ4n) is 3.98. The normalized spacial score (nSPS) is 11.9. The monoisotopic (exact) mass is 685 g/mol. The summed E-state index contributed by atoms with van der Waals surface area (Å²) in [4.78, 5) is 17.3. The van der Waals surface area contributed by atoms with E-state index < -0.39 is 45.9 Å². The SMILES string of the molecule is C=C(C(=O)NCc1cc(-c2ccc(OC(F)(F)F)cc2)nc(-c2ccc(OC(F)(F)F)cc2)c1)N(C)S(=O)(=O)c1ccc(Cl)cc1. The third-order valence-electron chi connectivity index (χ3n) is 6.22. The molecule has 0 saturated carbocycles. The molecule has 0 saturated heterocycles. The molecular weight excluding hydrogens is 664 g/mol. The highest BCUT2D eigenvalue weighted by Gasteiger charge is 2.32. The van der Waals surface area contributed by atoms with Crippen molar-refractivity contribution in [3.63, 3.8) is 0 Å². The Hall–Kier alpha value is -4.76. The zero-order valence-electron chi connectivity index (χ0n) is 23.5. The van der Waals surface area contributed by atoms with Crippen LogP contribution in [0.2, 0.25) is 5.02 Å². The van der Waals surface area contributed by atoms with Crippen LogP contribution in [-0.4, -0.2) is 43.4 Å². The Morgan fingerprint density at radius 2 is 1.26 bits per heavy atom. The van der Waals surface area contributed by atoms with Crippen LogP contribution in [0.25, 0.3) is 22.5 Å². The number of benzene rings is 3. The third-order valence-corrected chi connectivity index (χ3v) is 8.28. The lowest BCUT2D eigenvalue weighted by Gasteiger charge is -2.21. The minimum Gasteiger partial charge on any atom is -0.406 e. The minimum absolute atomic E-state index is 0.130. The molecule has 1 amide bonds. The molecule has 0 fully saturated rings. The molecule has 0 radical (unpaired) electrons. The van der Waals surface area contributed by atoms with Gasteiger partial charge < -0.3 is 14.8 Å². The van der Waals surface area contributed by atoms with Gasteiger partial charge in [-0.1, -0.05) is 18.2 Å². The number of sulfonamides is 1. The number of carbonyl (C=O) groups is 1. The molecule has 0 aliphatic rings. The van der Waals surface area contributed by atoms with E-state index in [0.717, 1.165) is 31.3 Å². The van der Waals surface area contributed by atoms with E-state index >= 15 is 0 Å². The first kappa shape index (κ1) is 34.1. The van der Waals surface area contributed by atoms with Gasteiger partial charge >= 0.3 is 12.7 Å². The van der Waals surface area contributed by atoms with Crippen molar-refractivity contribution in [3.05, 3.63) is 108 Å². The third kappa shape index (κ3) is 8.91. The van der Waals surface area contributed by atoms with E-state index in [1.54, 1.807) is 0 Å². The van der Waals surface area contributed by atoms with E-state index in [1.165, 1.54) is 60.7 Å². The summed E-state index contributed by atoms with van der Waals surface area (Å²) < 4.78 is 110. The number of hydrogen-bond donors (Lipinski definition) is 1. The van der Waals surface area contributed by atoms with Gasteiger partial charge in [0.1, 0.15) is 17.2 Å². The van der Waals surface area contributed by atoms with Crippen molar-refractivity contribution in [3.8, 4) is 34.0 Å². The second kappa shape index (κ2) is 13.3. The summed E-state index contributed by atoms with van der Waals surface area (Å²) in [6.45, 7) is 3.39. The molecule has 1 aromatic heterocycles. The number of rotatable bonds is 10. The predicted octanol–water partition coefficient (Wildman–Crippen LogP) is 7.32. The Bertz CT molecular complexity index is 1750. The largest absolute Gasteiger partial charge is 0.573 e. The van der Waals surface area contributed by atoms with E-state index in [2.05, 4.69) is 26.4 Å². The van der Waals surface area contributed by atoms with Crippen molar-refractivity contribution >= 4 is 27.5 Å². The van der Waals surface area contributed by atoms with Gasteiger partial charge in [-0.2, -0.15) is 0 Å². The lowest BCUT2D eigenvalue weighted by atomic mass is 10.0. The number of nitrogens with one attached hydrogen (secondary N) is 1. The molecule has 3 aromatic carbocycles. The Labute approximate surface area is 263 Å². The predicted molar refractivity (Wildman–Crippen MR) is 156 cm³/mol. The molecule has 1 heterocycles. The molecule has 0 aliphatic heterocycles. The Balaban J connectivity index is 1.60. The Kier molecular flexibility index (Phi) is 9.87. The van der Waals surface area contributed by atoms with Gasteiger partial charge in [0.05, 0.1) is 16.3 Å². The van der Waals surface area contributed by atoms with E-state index in [9.17, 15) is 39.6 Å². The zero-order valence-corrected chi connectivity index (χ0v) is 25.1. The molecule has 0 bridgehead atoms. The Morgan fingerprint density at radius 1 is 0.826 bits per heavy atom. The summed E-state index contributed by atoms with van der Waals surface area (Å²) >= 11 is 5.83. The minimum atomic E-state index is -4.90. The summed E-state index contributed by atoms with van der Waals surface area (Å²) in [5.41, 5.74) is 1.15. The van der Waals surface area contributed by atoms with Gasteiger partial charge in [-0.25, -0.2) is 13.4 Å². The number of hydrogen-bond acceptors (Lipinski definition) is 6. The summed E-state index contributed by atoms with van der Waals surface area (Å²) in [7, 11) is -3.01. The standard InChI is InChI=1S/C30H22ClF6N3O5S/c1-18(40(2)46(42,43)25-13-7-22(31)8-14-25)28(41)38-17-19-15-26(20-3-9-23(10-4-20)44-29(32,33)34)39-27(16-19)21-5-11-24(12-6-21)45-30(35,36)37/h3-16H,1,17H2,2H3,(H,38,41). The van der Waals surface area contributed by atoms with Crippen molar-refractivity contribution in [2.45, 2.75) is 24.2 Å².